The predicted octanol–water partition coefficient (Wildman–Crippen LogP) is 3.59. The Balaban J connectivity index is 2.41. The van der Waals surface area contributed by atoms with E-state index in [0.717, 1.165) is 18.3 Å². The normalized spacial score (nSPS) is 18.9. The first-order valence-electron chi connectivity index (χ1n) is 5.85. The van der Waals surface area contributed by atoms with Crippen LogP contribution in [0, 0.1) is 5.41 Å². The zero-order valence-corrected chi connectivity index (χ0v) is 10.7. The van der Waals surface area contributed by atoms with Crippen LogP contribution in [0.4, 0.5) is 24.5 Å². The van der Waals surface area contributed by atoms with Crippen LogP contribution in [0.5, 0.6) is 0 Å². The molecule has 0 bridgehead atoms. The molecule has 0 aliphatic carbocycles. The number of nitrogens with one attached hydrogen (secondary N) is 1. The second-order valence-electron chi connectivity index (χ2n) is 5.60. The molecule has 100 valence electrons. The van der Waals surface area contributed by atoms with Gasteiger partial charge in [-0.25, -0.2) is 0 Å². The van der Waals surface area contributed by atoms with Crippen LogP contribution in [0.2, 0.25) is 0 Å². The summed E-state index contributed by atoms with van der Waals surface area (Å²) >= 11 is 0. The van der Waals surface area contributed by atoms with Gasteiger partial charge in [0.25, 0.3) is 0 Å². The minimum Gasteiger partial charge on any atom is -0.383 e. The van der Waals surface area contributed by atoms with E-state index in [1.165, 1.54) is 12.1 Å². The number of benzene rings is 1. The minimum absolute atomic E-state index is 0.0200. The molecule has 0 amide bonds. The summed E-state index contributed by atoms with van der Waals surface area (Å²) in [6.45, 7) is 5.64. The molecule has 1 aliphatic heterocycles. The van der Waals surface area contributed by atoms with Crippen molar-refractivity contribution < 1.29 is 13.2 Å². The minimum atomic E-state index is -4.29. The molecular formula is C13H17F3N2. The number of alkyl halides is 3. The molecule has 0 saturated heterocycles. The smallest absolute Gasteiger partial charge is 0.383 e. The summed E-state index contributed by atoms with van der Waals surface area (Å²) in [5, 5.41) is 3.12. The molecule has 0 spiro atoms. The molecule has 2 nitrogen and oxygen atoms in total. The Bertz CT molecular complexity index is 452. The van der Waals surface area contributed by atoms with Crippen LogP contribution < -0.4 is 10.2 Å². The molecule has 5 heteroatoms. The first-order valence-corrected chi connectivity index (χ1v) is 5.85. The monoisotopic (exact) mass is 258 g/mol. The van der Waals surface area contributed by atoms with Crippen LogP contribution in [-0.4, -0.2) is 20.1 Å². The van der Waals surface area contributed by atoms with E-state index >= 15 is 0 Å². The molecule has 0 aromatic heterocycles. The van der Waals surface area contributed by atoms with E-state index < -0.39 is 11.7 Å². The fourth-order valence-corrected chi connectivity index (χ4v) is 2.30. The second-order valence-corrected chi connectivity index (χ2v) is 5.60. The van der Waals surface area contributed by atoms with Gasteiger partial charge in [-0.2, -0.15) is 13.2 Å². The van der Waals surface area contributed by atoms with Crippen LogP contribution in [0.15, 0.2) is 18.2 Å². The summed E-state index contributed by atoms with van der Waals surface area (Å²) in [5.74, 6) is 0. The summed E-state index contributed by atoms with van der Waals surface area (Å²) in [6, 6.07) is 3.86. The summed E-state index contributed by atoms with van der Waals surface area (Å²) in [4.78, 5) is 2.00. The van der Waals surface area contributed by atoms with Gasteiger partial charge in [-0.3, -0.25) is 0 Å². The number of rotatable bonds is 0. The summed E-state index contributed by atoms with van der Waals surface area (Å²) < 4.78 is 38.0. The van der Waals surface area contributed by atoms with Gasteiger partial charge in [-0.05, 0) is 23.6 Å². The molecule has 0 saturated carbocycles. The fraction of sp³-hybridized carbons (Fsp3) is 0.538. The quantitative estimate of drug-likeness (QED) is 0.765. The van der Waals surface area contributed by atoms with Gasteiger partial charge in [0.05, 0.1) is 16.9 Å². The predicted molar refractivity (Wildman–Crippen MR) is 67.0 cm³/mol. The van der Waals surface area contributed by atoms with Gasteiger partial charge in [0.15, 0.2) is 0 Å². The highest BCUT2D eigenvalue weighted by Gasteiger charge is 2.32. The zero-order chi connectivity index (χ0) is 13.6. The molecule has 1 aromatic carbocycles. The third kappa shape index (κ3) is 2.54. The SMILES string of the molecule is CN1CC(C)(C)CNc2cc(C(F)(F)F)ccc21. The van der Waals surface area contributed by atoms with Crippen molar-refractivity contribution in [2.75, 3.05) is 30.4 Å². The average molecular weight is 258 g/mol. The van der Waals surface area contributed by atoms with Crippen molar-refractivity contribution in [3.8, 4) is 0 Å². The standard InChI is InChI=1S/C13H17F3N2/c1-12(2)7-17-10-6-9(13(14,15)16)4-5-11(10)18(3)8-12/h4-6,17H,7-8H2,1-3H3. The third-order valence-corrected chi connectivity index (χ3v) is 3.16. The molecule has 18 heavy (non-hydrogen) atoms. The van der Waals surface area contributed by atoms with Gasteiger partial charge in [0, 0.05) is 20.1 Å². The van der Waals surface area contributed by atoms with Crippen LogP contribution in [-0.2, 0) is 6.18 Å². The summed E-state index contributed by atoms with van der Waals surface area (Å²) in [7, 11) is 1.90. The van der Waals surface area contributed by atoms with Gasteiger partial charge in [-0.15, -0.1) is 0 Å². The van der Waals surface area contributed by atoms with E-state index in [9.17, 15) is 13.2 Å². The van der Waals surface area contributed by atoms with Crippen molar-refractivity contribution in [1.82, 2.24) is 0 Å². The highest BCUT2D eigenvalue weighted by molar-refractivity contribution is 5.72. The zero-order valence-electron chi connectivity index (χ0n) is 10.7. The van der Waals surface area contributed by atoms with E-state index in [4.69, 9.17) is 0 Å². The lowest BCUT2D eigenvalue weighted by atomic mass is 9.93. The second kappa shape index (κ2) is 4.07. The molecule has 0 fully saturated rings. The van der Waals surface area contributed by atoms with Gasteiger partial charge in [0.1, 0.15) is 0 Å². The third-order valence-electron chi connectivity index (χ3n) is 3.16. The number of fused-ring (bicyclic) bond motifs is 1. The highest BCUT2D eigenvalue weighted by Crippen LogP contribution is 2.37. The summed E-state index contributed by atoms with van der Waals surface area (Å²) in [5.41, 5.74) is 0.778. The van der Waals surface area contributed by atoms with Crippen molar-refractivity contribution >= 4 is 11.4 Å². The van der Waals surface area contributed by atoms with E-state index in [0.29, 0.717) is 12.2 Å². The Morgan fingerprint density at radius 3 is 2.56 bits per heavy atom. The van der Waals surface area contributed by atoms with Gasteiger partial charge in [0.2, 0.25) is 0 Å². The highest BCUT2D eigenvalue weighted by atomic mass is 19.4. The Morgan fingerprint density at radius 1 is 1.28 bits per heavy atom. The number of hydrogen-bond donors (Lipinski definition) is 1. The maximum Gasteiger partial charge on any atom is 0.416 e. The van der Waals surface area contributed by atoms with E-state index in [-0.39, 0.29) is 5.41 Å². The average Bonchev–Trinajstić information content (AvgIpc) is 2.34. The first-order chi connectivity index (χ1) is 8.19. The topological polar surface area (TPSA) is 15.3 Å². The van der Waals surface area contributed by atoms with Crippen LogP contribution in [0.1, 0.15) is 19.4 Å². The lowest BCUT2D eigenvalue weighted by Crippen LogP contribution is -2.33. The fourth-order valence-electron chi connectivity index (χ4n) is 2.30. The van der Waals surface area contributed by atoms with Crippen LogP contribution in [0.3, 0.4) is 0 Å². The van der Waals surface area contributed by atoms with Crippen molar-refractivity contribution in [3.05, 3.63) is 23.8 Å². The molecule has 0 radical (unpaired) electrons. The van der Waals surface area contributed by atoms with Crippen molar-refractivity contribution in [1.29, 1.82) is 0 Å². The van der Waals surface area contributed by atoms with Crippen molar-refractivity contribution in [3.63, 3.8) is 0 Å². The van der Waals surface area contributed by atoms with Crippen molar-refractivity contribution in [2.24, 2.45) is 5.41 Å². The van der Waals surface area contributed by atoms with E-state index in [2.05, 4.69) is 19.2 Å². The Kier molecular flexibility index (Phi) is 2.95. The number of hydrogen-bond acceptors (Lipinski definition) is 2. The van der Waals surface area contributed by atoms with Crippen LogP contribution in [0.25, 0.3) is 0 Å². The lowest BCUT2D eigenvalue weighted by Gasteiger charge is -2.27. The number of nitrogens with zero attached hydrogens (tertiary/aromatic N) is 1. The molecular weight excluding hydrogens is 241 g/mol. The molecule has 0 atom stereocenters. The lowest BCUT2D eigenvalue weighted by molar-refractivity contribution is -0.137. The summed E-state index contributed by atoms with van der Waals surface area (Å²) in [6.07, 6.45) is -4.29. The maximum absolute atomic E-state index is 12.7. The van der Waals surface area contributed by atoms with E-state index in [1.54, 1.807) is 0 Å². The number of anilines is 2. The Hall–Kier alpha value is -1.39. The van der Waals surface area contributed by atoms with Gasteiger partial charge >= 0.3 is 6.18 Å². The Morgan fingerprint density at radius 2 is 1.94 bits per heavy atom. The van der Waals surface area contributed by atoms with Crippen LogP contribution >= 0.6 is 0 Å². The molecule has 1 heterocycles. The number of halogens is 3. The Labute approximate surface area is 105 Å². The molecule has 1 aliphatic rings. The van der Waals surface area contributed by atoms with Gasteiger partial charge < -0.3 is 10.2 Å². The molecule has 2 rings (SSSR count). The van der Waals surface area contributed by atoms with Crippen molar-refractivity contribution in [2.45, 2.75) is 20.0 Å². The molecule has 1 N–H and O–H groups in total. The first kappa shape index (κ1) is 13.1. The molecule has 1 aromatic rings. The van der Waals surface area contributed by atoms with Gasteiger partial charge in [-0.1, -0.05) is 13.8 Å². The largest absolute Gasteiger partial charge is 0.416 e. The van der Waals surface area contributed by atoms with E-state index in [1.807, 2.05) is 11.9 Å². The molecule has 0 unspecified atom stereocenters. The maximum atomic E-state index is 12.7.